The first-order chi connectivity index (χ1) is 9.74. The van der Waals surface area contributed by atoms with E-state index in [0.717, 1.165) is 31.3 Å². The molecule has 3 rings (SSSR count). The van der Waals surface area contributed by atoms with Gasteiger partial charge in [-0.2, -0.15) is 0 Å². The lowest BCUT2D eigenvalue weighted by Gasteiger charge is -2.36. The molecule has 2 aromatic rings. The zero-order valence-corrected chi connectivity index (χ0v) is 12.5. The Hall–Kier alpha value is -1.59. The number of anilines is 2. The fourth-order valence-corrected chi connectivity index (χ4v) is 3.21. The van der Waals surface area contributed by atoms with Crippen LogP contribution in [0.3, 0.4) is 0 Å². The Kier molecular flexibility index (Phi) is 3.89. The molecular formula is C15H20N4S. The van der Waals surface area contributed by atoms with Crippen LogP contribution in [0.1, 0.15) is 18.5 Å². The minimum atomic E-state index is 0.103. The number of nitrogens with two attached hydrogens (primary N) is 1. The predicted molar refractivity (Wildman–Crippen MR) is 85.6 cm³/mol. The van der Waals surface area contributed by atoms with Crippen molar-refractivity contribution in [3.63, 3.8) is 0 Å². The highest BCUT2D eigenvalue weighted by Crippen LogP contribution is 2.23. The van der Waals surface area contributed by atoms with Crippen LogP contribution in [-0.4, -0.2) is 31.2 Å². The second kappa shape index (κ2) is 5.81. The maximum atomic E-state index is 5.89. The second-order valence-corrected chi connectivity index (χ2v) is 6.04. The topological polar surface area (TPSA) is 45.4 Å². The van der Waals surface area contributed by atoms with Gasteiger partial charge in [-0.1, -0.05) is 12.1 Å². The van der Waals surface area contributed by atoms with Crippen LogP contribution in [0.2, 0.25) is 0 Å². The van der Waals surface area contributed by atoms with Crippen LogP contribution < -0.4 is 15.5 Å². The summed E-state index contributed by atoms with van der Waals surface area (Å²) >= 11 is 1.71. The van der Waals surface area contributed by atoms with E-state index in [0.29, 0.717) is 0 Å². The van der Waals surface area contributed by atoms with E-state index in [2.05, 4.69) is 39.0 Å². The summed E-state index contributed by atoms with van der Waals surface area (Å²) in [7, 11) is 0. The zero-order chi connectivity index (χ0) is 13.9. The quantitative estimate of drug-likeness (QED) is 0.942. The number of thiazole rings is 1. The maximum Gasteiger partial charge on any atom is 0.185 e. The van der Waals surface area contributed by atoms with E-state index < -0.39 is 0 Å². The van der Waals surface area contributed by atoms with E-state index >= 15 is 0 Å². The fraction of sp³-hybridized carbons (Fsp3) is 0.400. The number of rotatable bonds is 3. The maximum absolute atomic E-state index is 5.89. The standard InChI is InChI=1S/C15H20N4S/c1-12(16)13-2-4-14(5-3-13)18-7-9-19(10-8-18)15-17-6-11-20-15/h2-6,11-12H,7-10,16H2,1H3/t12-/m0/s1. The molecule has 1 saturated heterocycles. The molecule has 4 nitrogen and oxygen atoms in total. The van der Waals surface area contributed by atoms with Gasteiger partial charge in [0.1, 0.15) is 0 Å². The van der Waals surface area contributed by atoms with Gasteiger partial charge < -0.3 is 15.5 Å². The average Bonchev–Trinajstić information content (AvgIpc) is 3.02. The molecular weight excluding hydrogens is 268 g/mol. The SMILES string of the molecule is C[C@H](N)c1ccc(N2CCN(c3nccs3)CC2)cc1. The van der Waals surface area contributed by atoms with E-state index in [4.69, 9.17) is 5.73 Å². The normalized spacial score (nSPS) is 17.3. The van der Waals surface area contributed by atoms with Crippen LogP contribution in [0.25, 0.3) is 0 Å². The Bertz CT molecular complexity index is 528. The summed E-state index contributed by atoms with van der Waals surface area (Å²) in [4.78, 5) is 9.17. The lowest BCUT2D eigenvalue weighted by atomic mass is 10.1. The van der Waals surface area contributed by atoms with Crippen molar-refractivity contribution in [1.29, 1.82) is 0 Å². The fourth-order valence-electron chi connectivity index (χ4n) is 2.52. The molecule has 0 unspecified atom stereocenters. The minimum Gasteiger partial charge on any atom is -0.368 e. The van der Waals surface area contributed by atoms with Crippen molar-refractivity contribution in [2.75, 3.05) is 36.0 Å². The van der Waals surface area contributed by atoms with Crippen molar-refractivity contribution in [1.82, 2.24) is 4.98 Å². The summed E-state index contributed by atoms with van der Waals surface area (Å²) in [6, 6.07) is 8.72. The average molecular weight is 288 g/mol. The highest BCUT2D eigenvalue weighted by atomic mass is 32.1. The van der Waals surface area contributed by atoms with Gasteiger partial charge in [-0.05, 0) is 24.6 Å². The van der Waals surface area contributed by atoms with Crippen molar-refractivity contribution >= 4 is 22.2 Å². The molecule has 1 atom stereocenters. The number of hydrogen-bond acceptors (Lipinski definition) is 5. The van der Waals surface area contributed by atoms with Gasteiger partial charge in [0.15, 0.2) is 5.13 Å². The largest absolute Gasteiger partial charge is 0.368 e. The molecule has 0 amide bonds. The number of nitrogens with zero attached hydrogens (tertiary/aromatic N) is 3. The van der Waals surface area contributed by atoms with Crippen LogP contribution in [0, 0.1) is 0 Å². The van der Waals surface area contributed by atoms with Crippen molar-refractivity contribution in [3.8, 4) is 0 Å². The first-order valence-corrected chi connectivity index (χ1v) is 7.87. The molecule has 1 aromatic carbocycles. The molecule has 20 heavy (non-hydrogen) atoms. The van der Waals surface area contributed by atoms with E-state index in [1.54, 1.807) is 11.3 Å². The number of benzene rings is 1. The molecule has 2 N–H and O–H groups in total. The third kappa shape index (κ3) is 2.78. The number of hydrogen-bond donors (Lipinski definition) is 1. The van der Waals surface area contributed by atoms with Crippen molar-refractivity contribution in [3.05, 3.63) is 41.4 Å². The van der Waals surface area contributed by atoms with Crippen molar-refractivity contribution in [2.24, 2.45) is 5.73 Å². The molecule has 2 heterocycles. The summed E-state index contributed by atoms with van der Waals surface area (Å²) < 4.78 is 0. The van der Waals surface area contributed by atoms with Gasteiger partial charge in [-0.15, -0.1) is 11.3 Å². The predicted octanol–water partition coefficient (Wildman–Crippen LogP) is 2.49. The zero-order valence-electron chi connectivity index (χ0n) is 11.7. The highest BCUT2D eigenvalue weighted by Gasteiger charge is 2.18. The third-order valence-corrected chi connectivity index (χ3v) is 4.59. The van der Waals surface area contributed by atoms with E-state index in [1.807, 2.05) is 18.5 Å². The molecule has 1 aromatic heterocycles. The van der Waals surface area contributed by atoms with Crippen LogP contribution in [0.4, 0.5) is 10.8 Å². The molecule has 5 heteroatoms. The van der Waals surface area contributed by atoms with E-state index in [9.17, 15) is 0 Å². The summed E-state index contributed by atoms with van der Waals surface area (Å²) in [5.74, 6) is 0. The number of piperazine rings is 1. The molecule has 0 aliphatic carbocycles. The minimum absolute atomic E-state index is 0.103. The summed E-state index contributed by atoms with van der Waals surface area (Å²) in [6.07, 6.45) is 1.87. The monoisotopic (exact) mass is 288 g/mol. The van der Waals surface area contributed by atoms with Gasteiger partial charge >= 0.3 is 0 Å². The summed E-state index contributed by atoms with van der Waals surface area (Å²) in [5, 5.41) is 3.17. The van der Waals surface area contributed by atoms with Crippen molar-refractivity contribution in [2.45, 2.75) is 13.0 Å². The summed E-state index contributed by atoms with van der Waals surface area (Å²) in [5.41, 5.74) is 8.36. The first-order valence-electron chi connectivity index (χ1n) is 6.99. The Morgan fingerprint density at radius 3 is 2.30 bits per heavy atom. The third-order valence-electron chi connectivity index (χ3n) is 3.75. The van der Waals surface area contributed by atoms with Gasteiger partial charge in [-0.25, -0.2) is 4.98 Å². The van der Waals surface area contributed by atoms with Gasteiger partial charge in [0.25, 0.3) is 0 Å². The van der Waals surface area contributed by atoms with Crippen LogP contribution in [0.15, 0.2) is 35.8 Å². The van der Waals surface area contributed by atoms with Gasteiger partial charge in [-0.3, -0.25) is 0 Å². The highest BCUT2D eigenvalue weighted by molar-refractivity contribution is 7.13. The Balaban J connectivity index is 1.63. The molecule has 1 fully saturated rings. The first kappa shape index (κ1) is 13.4. The Morgan fingerprint density at radius 2 is 1.75 bits per heavy atom. The molecule has 0 bridgehead atoms. The second-order valence-electron chi connectivity index (χ2n) is 5.17. The van der Waals surface area contributed by atoms with E-state index in [-0.39, 0.29) is 6.04 Å². The van der Waals surface area contributed by atoms with Gasteiger partial charge in [0.2, 0.25) is 0 Å². The van der Waals surface area contributed by atoms with Gasteiger partial charge in [0.05, 0.1) is 0 Å². The van der Waals surface area contributed by atoms with Crippen LogP contribution in [-0.2, 0) is 0 Å². The van der Waals surface area contributed by atoms with Crippen LogP contribution >= 0.6 is 11.3 Å². The van der Waals surface area contributed by atoms with Gasteiger partial charge in [0, 0.05) is 49.5 Å². The lowest BCUT2D eigenvalue weighted by Crippen LogP contribution is -2.46. The summed E-state index contributed by atoms with van der Waals surface area (Å²) in [6.45, 7) is 6.15. The molecule has 106 valence electrons. The molecule has 1 aliphatic rings. The number of aromatic nitrogens is 1. The Morgan fingerprint density at radius 1 is 1.10 bits per heavy atom. The van der Waals surface area contributed by atoms with Crippen molar-refractivity contribution < 1.29 is 0 Å². The molecule has 0 spiro atoms. The molecule has 0 radical (unpaired) electrons. The molecule has 0 saturated carbocycles. The van der Waals surface area contributed by atoms with E-state index in [1.165, 1.54) is 11.3 Å². The van der Waals surface area contributed by atoms with Crippen LogP contribution in [0.5, 0.6) is 0 Å². The smallest absolute Gasteiger partial charge is 0.185 e. The lowest BCUT2D eigenvalue weighted by molar-refractivity contribution is 0.652. The Labute approximate surface area is 123 Å². The molecule has 1 aliphatic heterocycles.